The van der Waals surface area contributed by atoms with Crippen molar-refractivity contribution in [3.8, 4) is 0 Å². The smallest absolute Gasteiger partial charge is 0.173 e. The van der Waals surface area contributed by atoms with Gasteiger partial charge in [-0.25, -0.2) is 4.68 Å². The van der Waals surface area contributed by atoms with Crippen molar-refractivity contribution in [2.75, 3.05) is 26.3 Å². The van der Waals surface area contributed by atoms with E-state index >= 15 is 0 Å². The Bertz CT molecular complexity index is 664. The van der Waals surface area contributed by atoms with Crippen molar-refractivity contribution in [2.24, 2.45) is 0 Å². The van der Waals surface area contributed by atoms with Crippen LogP contribution in [0.25, 0.3) is 0 Å². The van der Waals surface area contributed by atoms with Crippen molar-refractivity contribution in [1.29, 1.82) is 0 Å². The quantitative estimate of drug-likeness (QED) is 0.830. The van der Waals surface area contributed by atoms with Crippen LogP contribution in [0.3, 0.4) is 0 Å². The van der Waals surface area contributed by atoms with E-state index in [1.165, 1.54) is 0 Å². The molecule has 130 valence electrons. The van der Waals surface area contributed by atoms with E-state index in [9.17, 15) is 0 Å². The van der Waals surface area contributed by atoms with Gasteiger partial charge < -0.3 is 4.74 Å². The molecular weight excluding hydrogens is 326 g/mol. The molecule has 1 aromatic carbocycles. The summed E-state index contributed by atoms with van der Waals surface area (Å²) in [6.07, 6.45) is 0.946. The predicted molar refractivity (Wildman–Crippen MR) is 93.1 cm³/mol. The summed E-state index contributed by atoms with van der Waals surface area (Å²) in [5.41, 5.74) is 1.000. The molecule has 0 bridgehead atoms. The Morgan fingerprint density at radius 3 is 2.50 bits per heavy atom. The van der Waals surface area contributed by atoms with E-state index in [0.717, 1.165) is 49.1 Å². The lowest BCUT2D eigenvalue weighted by molar-refractivity contribution is 0.0206. The van der Waals surface area contributed by atoms with Crippen LogP contribution >= 0.6 is 11.6 Å². The van der Waals surface area contributed by atoms with E-state index < -0.39 is 0 Å². The zero-order valence-electron chi connectivity index (χ0n) is 14.4. The molecule has 1 saturated heterocycles. The van der Waals surface area contributed by atoms with Gasteiger partial charge in [0.1, 0.15) is 0 Å². The van der Waals surface area contributed by atoms with Crippen LogP contribution in [0, 0.1) is 0 Å². The van der Waals surface area contributed by atoms with Crippen LogP contribution in [0.15, 0.2) is 24.3 Å². The van der Waals surface area contributed by atoms with Crippen LogP contribution < -0.4 is 0 Å². The van der Waals surface area contributed by atoms with Gasteiger partial charge >= 0.3 is 0 Å². The molecule has 0 amide bonds. The summed E-state index contributed by atoms with van der Waals surface area (Å²) < 4.78 is 7.48. The molecule has 24 heavy (non-hydrogen) atoms. The SMILES string of the molecule is CCC(C)(C)n1nnnc1C(c1ccc(Cl)cc1)N1CCOCC1. The maximum absolute atomic E-state index is 6.07. The first-order valence-corrected chi connectivity index (χ1v) is 8.77. The monoisotopic (exact) mass is 349 g/mol. The van der Waals surface area contributed by atoms with Crippen molar-refractivity contribution < 1.29 is 4.74 Å². The molecule has 2 heterocycles. The van der Waals surface area contributed by atoms with Crippen LogP contribution in [0.1, 0.15) is 44.6 Å². The number of halogens is 1. The Labute approximate surface area is 147 Å². The normalized spacial score (nSPS) is 17.8. The van der Waals surface area contributed by atoms with Crippen LogP contribution in [-0.4, -0.2) is 51.4 Å². The van der Waals surface area contributed by atoms with Crippen LogP contribution in [0.4, 0.5) is 0 Å². The third-order valence-electron chi connectivity index (χ3n) is 4.77. The number of ether oxygens (including phenoxy) is 1. The van der Waals surface area contributed by atoms with Gasteiger partial charge in [-0.15, -0.1) is 5.10 Å². The topological polar surface area (TPSA) is 56.1 Å². The molecule has 0 N–H and O–H groups in total. The van der Waals surface area contributed by atoms with Crippen molar-refractivity contribution in [3.05, 3.63) is 40.7 Å². The van der Waals surface area contributed by atoms with E-state index in [2.05, 4.69) is 53.3 Å². The highest BCUT2D eigenvalue weighted by Gasteiger charge is 2.33. The highest BCUT2D eigenvalue weighted by Crippen LogP contribution is 2.31. The Morgan fingerprint density at radius 2 is 1.88 bits per heavy atom. The molecule has 1 fully saturated rings. The molecule has 0 spiro atoms. The standard InChI is InChI=1S/C17H24ClN5O/c1-4-17(2,3)23-16(19-20-21-23)15(22-9-11-24-12-10-22)13-5-7-14(18)8-6-13/h5-8,15H,4,9-12H2,1-3H3. The summed E-state index contributed by atoms with van der Waals surface area (Å²) in [5, 5.41) is 13.4. The molecule has 2 aromatic rings. The Balaban J connectivity index is 2.05. The second-order valence-electron chi connectivity index (χ2n) is 6.72. The number of nitrogens with zero attached hydrogens (tertiary/aromatic N) is 5. The summed E-state index contributed by atoms with van der Waals surface area (Å²) in [6.45, 7) is 9.62. The van der Waals surface area contributed by atoms with E-state index in [4.69, 9.17) is 16.3 Å². The van der Waals surface area contributed by atoms with Crippen LogP contribution in [0.2, 0.25) is 5.02 Å². The Hall–Kier alpha value is -1.50. The first kappa shape index (κ1) is 17.3. The minimum Gasteiger partial charge on any atom is -0.379 e. The number of hydrogen-bond donors (Lipinski definition) is 0. The number of hydrogen-bond acceptors (Lipinski definition) is 5. The van der Waals surface area contributed by atoms with Gasteiger partial charge in [0.2, 0.25) is 0 Å². The van der Waals surface area contributed by atoms with Crippen molar-refractivity contribution in [1.82, 2.24) is 25.1 Å². The minimum absolute atomic E-state index is 0.00742. The van der Waals surface area contributed by atoms with Gasteiger partial charge in [0.15, 0.2) is 5.82 Å². The number of rotatable bonds is 5. The van der Waals surface area contributed by atoms with E-state index in [0.29, 0.717) is 0 Å². The van der Waals surface area contributed by atoms with Crippen LogP contribution in [-0.2, 0) is 10.3 Å². The number of benzene rings is 1. The number of aromatic nitrogens is 4. The summed E-state index contributed by atoms with van der Waals surface area (Å²) in [4.78, 5) is 2.38. The summed E-state index contributed by atoms with van der Waals surface area (Å²) in [5.74, 6) is 0.867. The number of morpholine rings is 1. The molecule has 0 saturated carbocycles. The van der Waals surface area contributed by atoms with Gasteiger partial charge in [-0.3, -0.25) is 4.90 Å². The zero-order valence-corrected chi connectivity index (χ0v) is 15.2. The molecule has 0 aliphatic carbocycles. The second kappa shape index (κ2) is 7.17. The van der Waals surface area contributed by atoms with Crippen molar-refractivity contribution in [2.45, 2.75) is 38.8 Å². The molecule has 0 radical (unpaired) electrons. The maximum atomic E-state index is 6.07. The zero-order chi connectivity index (χ0) is 17.2. The fraction of sp³-hybridized carbons (Fsp3) is 0.588. The van der Waals surface area contributed by atoms with Gasteiger partial charge in [0.25, 0.3) is 0 Å². The van der Waals surface area contributed by atoms with E-state index in [1.54, 1.807) is 0 Å². The predicted octanol–water partition coefficient (Wildman–Crippen LogP) is 2.89. The largest absolute Gasteiger partial charge is 0.379 e. The van der Waals surface area contributed by atoms with Crippen LogP contribution in [0.5, 0.6) is 0 Å². The molecule has 1 aliphatic heterocycles. The molecule has 1 unspecified atom stereocenters. The lowest BCUT2D eigenvalue weighted by Gasteiger charge is -2.35. The lowest BCUT2D eigenvalue weighted by atomic mass is 9.99. The maximum Gasteiger partial charge on any atom is 0.173 e. The lowest BCUT2D eigenvalue weighted by Crippen LogP contribution is -2.42. The van der Waals surface area contributed by atoms with Gasteiger partial charge in [-0.2, -0.15) is 0 Å². The van der Waals surface area contributed by atoms with E-state index in [1.807, 2.05) is 16.8 Å². The average Bonchev–Trinajstić information content (AvgIpc) is 3.08. The van der Waals surface area contributed by atoms with Crippen molar-refractivity contribution in [3.63, 3.8) is 0 Å². The Kier molecular flexibility index (Phi) is 5.18. The first-order chi connectivity index (χ1) is 11.5. The minimum atomic E-state index is -0.143. The van der Waals surface area contributed by atoms with Crippen molar-refractivity contribution >= 4 is 11.6 Å². The fourth-order valence-corrected chi connectivity index (χ4v) is 3.08. The Morgan fingerprint density at radius 1 is 1.21 bits per heavy atom. The molecule has 7 heteroatoms. The average molecular weight is 350 g/mol. The molecule has 1 aromatic heterocycles. The summed E-state index contributed by atoms with van der Waals surface area (Å²) in [6, 6.07) is 7.94. The second-order valence-corrected chi connectivity index (χ2v) is 7.15. The third-order valence-corrected chi connectivity index (χ3v) is 5.03. The number of tetrazole rings is 1. The third kappa shape index (κ3) is 3.45. The fourth-order valence-electron chi connectivity index (χ4n) is 2.95. The summed E-state index contributed by atoms with van der Waals surface area (Å²) in [7, 11) is 0. The molecule has 6 nitrogen and oxygen atoms in total. The van der Waals surface area contributed by atoms with Gasteiger partial charge in [0.05, 0.1) is 24.8 Å². The molecule has 3 rings (SSSR count). The highest BCUT2D eigenvalue weighted by molar-refractivity contribution is 6.30. The molecule has 1 atom stereocenters. The van der Waals surface area contributed by atoms with Gasteiger partial charge in [-0.1, -0.05) is 30.7 Å². The van der Waals surface area contributed by atoms with Gasteiger partial charge in [0, 0.05) is 18.1 Å². The van der Waals surface area contributed by atoms with E-state index in [-0.39, 0.29) is 11.6 Å². The first-order valence-electron chi connectivity index (χ1n) is 8.39. The summed E-state index contributed by atoms with van der Waals surface area (Å²) >= 11 is 6.07. The highest BCUT2D eigenvalue weighted by atomic mass is 35.5. The van der Waals surface area contributed by atoms with Gasteiger partial charge in [-0.05, 0) is 48.4 Å². The molecule has 1 aliphatic rings. The molecular formula is C17H24ClN5O.